The summed E-state index contributed by atoms with van der Waals surface area (Å²) in [6.45, 7) is 2.56. The zero-order valence-electron chi connectivity index (χ0n) is 12.5. The van der Waals surface area contributed by atoms with Crippen LogP contribution >= 0.6 is 11.8 Å². The third-order valence-electron chi connectivity index (χ3n) is 3.82. The first-order chi connectivity index (χ1) is 10.1. The molecular formula is C16H22N2O2S. The first-order valence-corrected chi connectivity index (χ1v) is 8.66. The number of thioether (sulfide) groups is 1. The highest BCUT2D eigenvalue weighted by Gasteiger charge is 2.32. The molecule has 1 aliphatic heterocycles. The van der Waals surface area contributed by atoms with Crippen molar-refractivity contribution in [2.45, 2.75) is 31.8 Å². The molecular weight excluding hydrogens is 284 g/mol. The Morgan fingerprint density at radius 2 is 2.05 bits per heavy atom. The quantitative estimate of drug-likeness (QED) is 0.907. The van der Waals surface area contributed by atoms with Crippen molar-refractivity contribution in [3.05, 3.63) is 35.9 Å². The van der Waals surface area contributed by atoms with Gasteiger partial charge in [-0.3, -0.25) is 9.59 Å². The van der Waals surface area contributed by atoms with Crippen LogP contribution in [0, 0.1) is 0 Å². The molecule has 0 spiro atoms. The molecule has 1 saturated heterocycles. The van der Waals surface area contributed by atoms with Gasteiger partial charge in [0.25, 0.3) is 0 Å². The SMILES string of the molecule is CSCCC(C)N1CCC(=O)NC(c2ccccc2)C1=O. The zero-order chi connectivity index (χ0) is 15.2. The van der Waals surface area contributed by atoms with Crippen molar-refractivity contribution in [3.63, 3.8) is 0 Å². The van der Waals surface area contributed by atoms with E-state index in [-0.39, 0.29) is 17.9 Å². The van der Waals surface area contributed by atoms with Crippen molar-refractivity contribution in [1.29, 1.82) is 0 Å². The Bertz CT molecular complexity index is 492. The van der Waals surface area contributed by atoms with Crippen LogP contribution < -0.4 is 5.32 Å². The third-order valence-corrected chi connectivity index (χ3v) is 4.46. The number of hydrogen-bond acceptors (Lipinski definition) is 3. The molecule has 1 aromatic carbocycles. The van der Waals surface area contributed by atoms with Crippen LogP contribution in [0.4, 0.5) is 0 Å². The van der Waals surface area contributed by atoms with Crippen LogP contribution in [0.1, 0.15) is 31.4 Å². The largest absolute Gasteiger partial charge is 0.340 e. The summed E-state index contributed by atoms with van der Waals surface area (Å²) in [6, 6.07) is 9.06. The lowest BCUT2D eigenvalue weighted by molar-refractivity contribution is -0.135. The highest BCUT2D eigenvalue weighted by Crippen LogP contribution is 2.21. The lowest BCUT2D eigenvalue weighted by Gasteiger charge is -2.30. The van der Waals surface area contributed by atoms with Gasteiger partial charge in [0.05, 0.1) is 0 Å². The topological polar surface area (TPSA) is 49.4 Å². The summed E-state index contributed by atoms with van der Waals surface area (Å²) in [5.74, 6) is 0.958. The normalized spacial score (nSPS) is 20.9. The molecule has 1 fully saturated rings. The molecule has 1 heterocycles. The van der Waals surface area contributed by atoms with Gasteiger partial charge in [-0.2, -0.15) is 11.8 Å². The minimum Gasteiger partial charge on any atom is -0.340 e. The summed E-state index contributed by atoms with van der Waals surface area (Å²) in [5.41, 5.74) is 0.847. The van der Waals surface area contributed by atoms with Crippen LogP contribution in [-0.2, 0) is 9.59 Å². The van der Waals surface area contributed by atoms with Gasteiger partial charge in [-0.25, -0.2) is 0 Å². The standard InChI is InChI=1S/C16H22N2O2S/c1-12(9-11-21-2)18-10-8-14(19)17-15(16(18)20)13-6-4-3-5-7-13/h3-7,12,15H,8-11H2,1-2H3,(H,17,19). The maximum absolute atomic E-state index is 12.8. The van der Waals surface area contributed by atoms with E-state index >= 15 is 0 Å². The number of carbonyl (C=O) groups is 2. The molecule has 1 aromatic rings. The molecule has 0 bridgehead atoms. The number of hydrogen-bond donors (Lipinski definition) is 1. The highest BCUT2D eigenvalue weighted by atomic mass is 32.2. The first kappa shape index (κ1) is 15.9. The molecule has 2 atom stereocenters. The number of nitrogens with zero attached hydrogens (tertiary/aromatic N) is 1. The van der Waals surface area contributed by atoms with Crippen molar-refractivity contribution in [2.24, 2.45) is 0 Å². The van der Waals surface area contributed by atoms with E-state index in [2.05, 4.69) is 18.5 Å². The van der Waals surface area contributed by atoms with E-state index < -0.39 is 6.04 Å². The number of benzene rings is 1. The van der Waals surface area contributed by atoms with Crippen molar-refractivity contribution in [3.8, 4) is 0 Å². The molecule has 0 saturated carbocycles. The van der Waals surface area contributed by atoms with Gasteiger partial charge in [0, 0.05) is 19.0 Å². The summed E-state index contributed by atoms with van der Waals surface area (Å²) in [4.78, 5) is 26.6. The smallest absolute Gasteiger partial charge is 0.250 e. The average Bonchev–Trinajstić information content (AvgIpc) is 2.65. The fraction of sp³-hybridized carbons (Fsp3) is 0.500. The molecule has 2 amide bonds. The summed E-state index contributed by atoms with van der Waals surface area (Å²) in [5, 5.41) is 2.85. The number of amides is 2. The zero-order valence-corrected chi connectivity index (χ0v) is 13.4. The Hall–Kier alpha value is -1.49. The second-order valence-electron chi connectivity index (χ2n) is 5.32. The Morgan fingerprint density at radius 1 is 1.33 bits per heavy atom. The predicted molar refractivity (Wildman–Crippen MR) is 86.1 cm³/mol. The van der Waals surface area contributed by atoms with E-state index in [0.717, 1.165) is 17.7 Å². The predicted octanol–water partition coefficient (Wildman–Crippen LogP) is 2.22. The van der Waals surface area contributed by atoms with Gasteiger partial charge in [0.15, 0.2) is 0 Å². The van der Waals surface area contributed by atoms with Gasteiger partial charge in [0.1, 0.15) is 6.04 Å². The monoisotopic (exact) mass is 306 g/mol. The van der Waals surface area contributed by atoms with E-state index in [0.29, 0.717) is 13.0 Å². The minimum atomic E-state index is -0.557. The van der Waals surface area contributed by atoms with Crippen LogP contribution in [0.15, 0.2) is 30.3 Å². The van der Waals surface area contributed by atoms with Crippen molar-refractivity contribution in [2.75, 3.05) is 18.6 Å². The van der Waals surface area contributed by atoms with Crippen LogP contribution in [-0.4, -0.2) is 41.3 Å². The van der Waals surface area contributed by atoms with Crippen molar-refractivity contribution < 1.29 is 9.59 Å². The average molecular weight is 306 g/mol. The fourth-order valence-electron chi connectivity index (χ4n) is 2.55. The molecule has 5 heteroatoms. The summed E-state index contributed by atoms with van der Waals surface area (Å²) in [7, 11) is 0. The van der Waals surface area contributed by atoms with E-state index in [1.165, 1.54) is 0 Å². The molecule has 0 radical (unpaired) electrons. The third kappa shape index (κ3) is 4.00. The van der Waals surface area contributed by atoms with Gasteiger partial charge < -0.3 is 10.2 Å². The second kappa shape index (κ2) is 7.50. The van der Waals surface area contributed by atoms with Gasteiger partial charge >= 0.3 is 0 Å². The molecule has 114 valence electrons. The first-order valence-electron chi connectivity index (χ1n) is 7.27. The minimum absolute atomic E-state index is 0.000605. The highest BCUT2D eigenvalue weighted by molar-refractivity contribution is 7.98. The Morgan fingerprint density at radius 3 is 2.71 bits per heavy atom. The molecule has 1 aliphatic rings. The van der Waals surface area contributed by atoms with Crippen molar-refractivity contribution in [1.82, 2.24) is 10.2 Å². The van der Waals surface area contributed by atoms with Crippen LogP contribution in [0.25, 0.3) is 0 Å². The van der Waals surface area contributed by atoms with E-state index in [1.54, 1.807) is 11.8 Å². The lowest BCUT2D eigenvalue weighted by Crippen LogP contribution is -2.43. The van der Waals surface area contributed by atoms with Crippen LogP contribution in [0.3, 0.4) is 0 Å². The number of carbonyl (C=O) groups excluding carboxylic acids is 2. The number of rotatable bonds is 5. The van der Waals surface area contributed by atoms with Gasteiger partial charge in [-0.05, 0) is 30.9 Å². The summed E-state index contributed by atoms with van der Waals surface area (Å²) >= 11 is 1.78. The second-order valence-corrected chi connectivity index (χ2v) is 6.31. The van der Waals surface area contributed by atoms with E-state index in [4.69, 9.17) is 0 Å². The molecule has 1 N–H and O–H groups in total. The molecule has 21 heavy (non-hydrogen) atoms. The fourth-order valence-corrected chi connectivity index (χ4v) is 3.12. The molecule has 2 unspecified atom stereocenters. The summed E-state index contributed by atoms with van der Waals surface area (Å²) in [6.07, 6.45) is 3.39. The molecule has 4 nitrogen and oxygen atoms in total. The maximum Gasteiger partial charge on any atom is 0.250 e. The lowest BCUT2D eigenvalue weighted by atomic mass is 10.0. The molecule has 0 aromatic heterocycles. The summed E-state index contributed by atoms with van der Waals surface area (Å²) < 4.78 is 0. The van der Waals surface area contributed by atoms with E-state index in [9.17, 15) is 9.59 Å². The van der Waals surface area contributed by atoms with Crippen molar-refractivity contribution >= 4 is 23.6 Å². The molecule has 2 rings (SSSR count). The Kier molecular flexibility index (Phi) is 5.67. The van der Waals surface area contributed by atoms with Crippen LogP contribution in [0.2, 0.25) is 0 Å². The Balaban J connectivity index is 2.20. The Labute approximate surface area is 130 Å². The van der Waals surface area contributed by atoms with Crippen LogP contribution in [0.5, 0.6) is 0 Å². The van der Waals surface area contributed by atoms with Gasteiger partial charge in [0.2, 0.25) is 11.8 Å². The maximum atomic E-state index is 12.8. The van der Waals surface area contributed by atoms with E-state index in [1.807, 2.05) is 35.2 Å². The molecule has 0 aliphatic carbocycles. The van der Waals surface area contributed by atoms with Gasteiger partial charge in [-0.1, -0.05) is 30.3 Å². The van der Waals surface area contributed by atoms with Gasteiger partial charge in [-0.15, -0.1) is 0 Å². The number of nitrogens with one attached hydrogen (secondary N) is 1.